The second-order valence-electron chi connectivity index (χ2n) is 8.31. The van der Waals surface area contributed by atoms with Crippen LogP contribution in [0.25, 0.3) is 22.0 Å². The number of hydrogen-bond acceptors (Lipinski definition) is 5. The molecule has 0 N–H and O–H groups in total. The molecule has 1 fully saturated rings. The molecule has 1 aliphatic rings. The molecule has 0 atom stereocenters. The van der Waals surface area contributed by atoms with Gasteiger partial charge in [0.1, 0.15) is 11.4 Å². The van der Waals surface area contributed by atoms with Gasteiger partial charge in [-0.25, -0.2) is 9.18 Å². The Kier molecular flexibility index (Phi) is 5.62. The van der Waals surface area contributed by atoms with E-state index in [9.17, 15) is 9.59 Å². The van der Waals surface area contributed by atoms with Gasteiger partial charge in [-0.2, -0.15) is 0 Å². The molecule has 0 aliphatic heterocycles. The third-order valence-electron chi connectivity index (χ3n) is 5.35. The van der Waals surface area contributed by atoms with Crippen molar-refractivity contribution in [3.8, 4) is 11.1 Å². The van der Waals surface area contributed by atoms with Gasteiger partial charge < -0.3 is 14.2 Å². The van der Waals surface area contributed by atoms with E-state index in [0.717, 1.165) is 24.2 Å². The first-order valence-corrected chi connectivity index (χ1v) is 10.5. The number of benzene rings is 1. The summed E-state index contributed by atoms with van der Waals surface area (Å²) < 4.78 is 22.2. The molecule has 0 bridgehead atoms. The van der Waals surface area contributed by atoms with Crippen LogP contribution in [0.15, 0.2) is 35.3 Å². The maximum Gasteiger partial charge on any atom is 0.343 e. The number of aromatic nitrogens is 2. The maximum atomic E-state index is 15.2. The number of hydrogen-bond donors (Lipinski definition) is 0. The van der Waals surface area contributed by atoms with Crippen LogP contribution in [0.1, 0.15) is 47.6 Å². The molecule has 0 saturated heterocycles. The molecule has 1 aromatic carbocycles. The van der Waals surface area contributed by atoms with Crippen LogP contribution in [-0.2, 0) is 11.3 Å². The molecular weight excluding hydrogens is 397 g/mol. The Labute approximate surface area is 180 Å². The summed E-state index contributed by atoms with van der Waals surface area (Å²) in [6, 6.07) is 6.88. The number of pyridine rings is 2. The normalized spacial score (nSPS) is 13.7. The number of fused-ring (bicyclic) bond motifs is 1. The van der Waals surface area contributed by atoms with E-state index >= 15 is 4.39 Å². The van der Waals surface area contributed by atoms with Gasteiger partial charge in [-0.05, 0) is 70.6 Å². The largest absolute Gasteiger partial charge is 0.462 e. The number of rotatable bonds is 6. The van der Waals surface area contributed by atoms with Crippen LogP contribution < -0.4 is 5.43 Å². The van der Waals surface area contributed by atoms with Gasteiger partial charge in [0.2, 0.25) is 5.43 Å². The molecule has 6 nitrogen and oxygen atoms in total. The van der Waals surface area contributed by atoms with Crippen molar-refractivity contribution < 1.29 is 13.9 Å². The lowest BCUT2D eigenvalue weighted by atomic mass is 10.0. The highest BCUT2D eigenvalue weighted by molar-refractivity contribution is 5.95. The minimum atomic E-state index is -0.675. The highest BCUT2D eigenvalue weighted by atomic mass is 19.1. The Morgan fingerprint density at radius 2 is 2.00 bits per heavy atom. The summed E-state index contributed by atoms with van der Waals surface area (Å²) in [4.78, 5) is 31.8. The average Bonchev–Trinajstić information content (AvgIpc) is 3.52. The van der Waals surface area contributed by atoms with E-state index in [1.807, 2.05) is 42.6 Å². The lowest BCUT2D eigenvalue weighted by Crippen LogP contribution is -2.21. The van der Waals surface area contributed by atoms with Crippen LogP contribution in [-0.4, -0.2) is 41.1 Å². The van der Waals surface area contributed by atoms with E-state index in [1.165, 1.54) is 6.07 Å². The van der Waals surface area contributed by atoms with Gasteiger partial charge in [0.15, 0.2) is 0 Å². The first-order valence-electron chi connectivity index (χ1n) is 10.5. The van der Waals surface area contributed by atoms with E-state index in [2.05, 4.69) is 4.98 Å². The van der Waals surface area contributed by atoms with Gasteiger partial charge in [0.05, 0.1) is 17.8 Å². The molecule has 2 aromatic heterocycles. The molecule has 4 rings (SSSR count). The Morgan fingerprint density at radius 3 is 2.65 bits per heavy atom. The molecule has 0 spiro atoms. The van der Waals surface area contributed by atoms with Gasteiger partial charge in [-0.15, -0.1) is 0 Å². The van der Waals surface area contributed by atoms with Gasteiger partial charge in [-0.3, -0.25) is 9.78 Å². The smallest absolute Gasteiger partial charge is 0.343 e. The lowest BCUT2D eigenvalue weighted by Gasteiger charge is -2.15. The zero-order chi connectivity index (χ0) is 22.3. The average molecular weight is 423 g/mol. The monoisotopic (exact) mass is 423 g/mol. The van der Waals surface area contributed by atoms with E-state index < -0.39 is 17.2 Å². The summed E-state index contributed by atoms with van der Waals surface area (Å²) in [6.07, 6.45) is 3.47. The first kappa shape index (κ1) is 21.2. The summed E-state index contributed by atoms with van der Waals surface area (Å²) in [5, 5.41) is 0.193. The van der Waals surface area contributed by atoms with Crippen LogP contribution in [0.3, 0.4) is 0 Å². The van der Waals surface area contributed by atoms with Crippen molar-refractivity contribution >= 4 is 16.9 Å². The summed E-state index contributed by atoms with van der Waals surface area (Å²) in [5.74, 6) is -1.18. The molecule has 1 saturated carbocycles. The fourth-order valence-electron chi connectivity index (χ4n) is 3.90. The molecular formula is C24H26FN3O3. The second-order valence-corrected chi connectivity index (χ2v) is 8.31. The van der Waals surface area contributed by atoms with Crippen molar-refractivity contribution in [2.45, 2.75) is 39.3 Å². The Bertz CT molecular complexity index is 1230. The van der Waals surface area contributed by atoms with Gasteiger partial charge in [0.25, 0.3) is 0 Å². The van der Waals surface area contributed by atoms with Crippen LogP contribution >= 0.6 is 0 Å². The number of ether oxygens (including phenoxy) is 1. The maximum absolute atomic E-state index is 15.2. The minimum absolute atomic E-state index is 0.0542. The van der Waals surface area contributed by atoms with E-state index in [4.69, 9.17) is 4.74 Å². The second kappa shape index (κ2) is 8.23. The number of nitrogens with zero attached hydrogens (tertiary/aromatic N) is 3. The molecule has 162 valence electrons. The SMILES string of the molecule is CCOC(=O)c1cn(C2CC2)c2cc(-c3cc(C)nc(CN(C)C)c3)c(F)cc2c1=O. The molecule has 2 heterocycles. The fraction of sp³-hybridized carbons (Fsp3) is 0.375. The number of esters is 1. The predicted octanol–water partition coefficient (Wildman–Crippen LogP) is 4.08. The predicted molar refractivity (Wildman–Crippen MR) is 118 cm³/mol. The Balaban J connectivity index is 1.92. The quantitative estimate of drug-likeness (QED) is 0.559. The van der Waals surface area contributed by atoms with Crippen LogP contribution in [0.5, 0.6) is 0 Å². The third kappa shape index (κ3) is 4.23. The van der Waals surface area contributed by atoms with Crippen LogP contribution in [0, 0.1) is 12.7 Å². The topological polar surface area (TPSA) is 64.4 Å². The summed E-state index contributed by atoms with van der Waals surface area (Å²) in [5.41, 5.74) is 2.84. The highest BCUT2D eigenvalue weighted by Crippen LogP contribution is 2.38. The third-order valence-corrected chi connectivity index (χ3v) is 5.35. The fourth-order valence-corrected chi connectivity index (χ4v) is 3.90. The number of aryl methyl sites for hydroxylation is 1. The number of carbonyl (C=O) groups excluding carboxylic acids is 1. The van der Waals surface area contributed by atoms with Crippen LogP contribution in [0.4, 0.5) is 4.39 Å². The molecule has 7 heteroatoms. The van der Waals surface area contributed by atoms with Crippen molar-refractivity contribution in [1.82, 2.24) is 14.5 Å². The zero-order valence-electron chi connectivity index (χ0n) is 18.2. The summed E-state index contributed by atoms with van der Waals surface area (Å²) >= 11 is 0. The van der Waals surface area contributed by atoms with Gasteiger partial charge in [0, 0.05) is 35.4 Å². The summed E-state index contributed by atoms with van der Waals surface area (Å²) in [6.45, 7) is 4.38. The highest BCUT2D eigenvalue weighted by Gasteiger charge is 2.28. The molecule has 3 aromatic rings. The van der Waals surface area contributed by atoms with Gasteiger partial charge in [-0.1, -0.05) is 0 Å². The van der Waals surface area contributed by atoms with Crippen molar-refractivity contribution in [3.63, 3.8) is 0 Å². The van der Waals surface area contributed by atoms with Crippen molar-refractivity contribution in [2.24, 2.45) is 0 Å². The van der Waals surface area contributed by atoms with E-state index in [1.54, 1.807) is 19.2 Å². The molecule has 31 heavy (non-hydrogen) atoms. The van der Waals surface area contributed by atoms with Crippen molar-refractivity contribution in [1.29, 1.82) is 0 Å². The minimum Gasteiger partial charge on any atom is -0.462 e. The number of carbonyl (C=O) groups is 1. The van der Waals surface area contributed by atoms with Crippen molar-refractivity contribution in [2.75, 3.05) is 20.7 Å². The standard InChI is InChI=1S/C24H26FN3O3/c1-5-31-24(30)20-13-28(17-6-7-17)22-11-18(21(25)10-19(22)23(20)29)15-8-14(2)26-16(9-15)12-27(3)4/h8-11,13,17H,5-7,12H2,1-4H3. The van der Waals surface area contributed by atoms with E-state index in [-0.39, 0.29) is 23.6 Å². The molecule has 1 aliphatic carbocycles. The molecule has 0 amide bonds. The number of halogens is 1. The first-order chi connectivity index (χ1) is 14.8. The van der Waals surface area contributed by atoms with Crippen LogP contribution in [0.2, 0.25) is 0 Å². The Hall–Kier alpha value is -3.06. The molecule has 0 unspecified atom stereocenters. The van der Waals surface area contributed by atoms with E-state index in [0.29, 0.717) is 23.2 Å². The zero-order valence-corrected chi connectivity index (χ0v) is 18.2. The Morgan fingerprint density at radius 1 is 1.26 bits per heavy atom. The lowest BCUT2D eigenvalue weighted by molar-refractivity contribution is 0.0524. The van der Waals surface area contributed by atoms with Crippen molar-refractivity contribution in [3.05, 3.63) is 63.5 Å². The summed E-state index contributed by atoms with van der Waals surface area (Å²) in [7, 11) is 3.91. The molecule has 0 radical (unpaired) electrons. The van der Waals surface area contributed by atoms with Gasteiger partial charge >= 0.3 is 5.97 Å².